The summed E-state index contributed by atoms with van der Waals surface area (Å²) in [5, 5.41) is 3.59. The Kier molecular flexibility index (Phi) is 5.61. The molecule has 1 N–H and O–H groups in total. The fourth-order valence-corrected chi connectivity index (χ4v) is 2.49. The van der Waals surface area contributed by atoms with Crippen molar-refractivity contribution in [1.82, 2.24) is 10.3 Å². The molecule has 1 saturated heterocycles. The largest absolute Gasteiger partial charge is 0.495 e. The molecule has 1 aliphatic rings. The predicted octanol–water partition coefficient (Wildman–Crippen LogP) is 2.70. The normalized spacial score (nSPS) is 20.4. The summed E-state index contributed by atoms with van der Waals surface area (Å²) in [6.07, 6.45) is 8.52. The van der Waals surface area contributed by atoms with E-state index >= 15 is 0 Å². The van der Waals surface area contributed by atoms with E-state index in [2.05, 4.69) is 23.3 Å². The van der Waals surface area contributed by atoms with Crippen molar-refractivity contribution in [2.45, 2.75) is 44.8 Å². The van der Waals surface area contributed by atoms with Crippen LogP contribution in [0, 0.1) is 0 Å². The van der Waals surface area contributed by atoms with Crippen LogP contribution in [-0.4, -0.2) is 31.3 Å². The first kappa shape index (κ1) is 14.3. The highest BCUT2D eigenvalue weighted by Gasteiger charge is 2.22. The molecule has 1 aliphatic heterocycles. The Morgan fingerprint density at radius 2 is 2.42 bits per heavy atom. The number of aromatic nitrogens is 1. The van der Waals surface area contributed by atoms with E-state index in [9.17, 15) is 0 Å². The lowest BCUT2D eigenvalue weighted by atomic mass is 10.0. The van der Waals surface area contributed by atoms with Gasteiger partial charge < -0.3 is 14.8 Å². The zero-order valence-corrected chi connectivity index (χ0v) is 11.9. The summed E-state index contributed by atoms with van der Waals surface area (Å²) in [4.78, 5) is 4.25. The lowest BCUT2D eigenvalue weighted by Crippen LogP contribution is -2.26. The van der Waals surface area contributed by atoms with Gasteiger partial charge in [-0.15, -0.1) is 0 Å². The summed E-state index contributed by atoms with van der Waals surface area (Å²) in [7, 11) is 1.68. The highest BCUT2D eigenvalue weighted by Crippen LogP contribution is 2.26. The standard InChI is InChI=1S/C15H24N2O2/c1-3-6-17-15(9-13-5-4-7-19-13)12-8-14(18-2)11-16-10-12/h8,10-11,13,15,17H,3-7,9H2,1-2H3. The molecule has 0 bridgehead atoms. The molecule has 106 valence electrons. The van der Waals surface area contributed by atoms with Crippen LogP contribution in [0.15, 0.2) is 18.5 Å². The Labute approximate surface area is 115 Å². The first-order chi connectivity index (χ1) is 9.33. The zero-order valence-electron chi connectivity index (χ0n) is 11.9. The Morgan fingerprint density at radius 1 is 1.53 bits per heavy atom. The second-order valence-electron chi connectivity index (χ2n) is 5.04. The van der Waals surface area contributed by atoms with Gasteiger partial charge in [0.2, 0.25) is 0 Å². The van der Waals surface area contributed by atoms with Gasteiger partial charge in [0.1, 0.15) is 5.75 Å². The maximum atomic E-state index is 5.75. The summed E-state index contributed by atoms with van der Waals surface area (Å²) in [5.41, 5.74) is 1.18. The van der Waals surface area contributed by atoms with Crippen molar-refractivity contribution in [3.05, 3.63) is 24.0 Å². The first-order valence-corrected chi connectivity index (χ1v) is 7.17. The Balaban J connectivity index is 2.05. The number of hydrogen-bond donors (Lipinski definition) is 1. The van der Waals surface area contributed by atoms with E-state index in [0.29, 0.717) is 12.1 Å². The van der Waals surface area contributed by atoms with Gasteiger partial charge in [0.15, 0.2) is 0 Å². The van der Waals surface area contributed by atoms with Crippen LogP contribution in [0.2, 0.25) is 0 Å². The zero-order chi connectivity index (χ0) is 13.5. The quantitative estimate of drug-likeness (QED) is 0.822. The monoisotopic (exact) mass is 264 g/mol. The average molecular weight is 264 g/mol. The molecule has 1 fully saturated rings. The third-order valence-corrected chi connectivity index (χ3v) is 3.54. The number of nitrogens with zero attached hydrogens (tertiary/aromatic N) is 1. The Hall–Kier alpha value is -1.13. The minimum absolute atomic E-state index is 0.297. The van der Waals surface area contributed by atoms with Crippen LogP contribution >= 0.6 is 0 Å². The molecule has 4 heteroatoms. The van der Waals surface area contributed by atoms with E-state index in [4.69, 9.17) is 9.47 Å². The second-order valence-corrected chi connectivity index (χ2v) is 5.04. The van der Waals surface area contributed by atoms with Gasteiger partial charge in [-0.2, -0.15) is 0 Å². The molecule has 0 aromatic carbocycles. The Morgan fingerprint density at radius 3 is 3.11 bits per heavy atom. The van der Waals surface area contributed by atoms with Gasteiger partial charge in [-0.05, 0) is 43.9 Å². The molecule has 2 rings (SSSR count). The van der Waals surface area contributed by atoms with Crippen LogP contribution in [0.5, 0.6) is 5.75 Å². The maximum Gasteiger partial charge on any atom is 0.137 e. The molecule has 2 unspecified atom stereocenters. The fraction of sp³-hybridized carbons (Fsp3) is 0.667. The van der Waals surface area contributed by atoms with E-state index in [-0.39, 0.29) is 0 Å². The highest BCUT2D eigenvalue weighted by atomic mass is 16.5. The molecule has 2 heterocycles. The molecule has 0 saturated carbocycles. The van der Waals surface area contributed by atoms with E-state index in [1.54, 1.807) is 13.3 Å². The summed E-state index contributed by atoms with van der Waals surface area (Å²) >= 11 is 0. The number of methoxy groups -OCH3 is 1. The van der Waals surface area contributed by atoms with E-state index in [0.717, 1.165) is 31.7 Å². The molecule has 19 heavy (non-hydrogen) atoms. The molecule has 0 amide bonds. The summed E-state index contributed by atoms with van der Waals surface area (Å²) in [6, 6.07) is 2.36. The number of hydrogen-bond acceptors (Lipinski definition) is 4. The number of nitrogens with one attached hydrogen (secondary N) is 1. The molecular weight excluding hydrogens is 240 g/mol. The van der Waals surface area contributed by atoms with Crippen molar-refractivity contribution in [1.29, 1.82) is 0 Å². The van der Waals surface area contributed by atoms with Gasteiger partial charge >= 0.3 is 0 Å². The maximum absolute atomic E-state index is 5.75. The smallest absolute Gasteiger partial charge is 0.137 e. The van der Waals surface area contributed by atoms with Crippen molar-refractivity contribution in [3.8, 4) is 5.75 Å². The van der Waals surface area contributed by atoms with Gasteiger partial charge in [0.05, 0.1) is 19.4 Å². The van der Waals surface area contributed by atoms with Gasteiger partial charge in [-0.25, -0.2) is 0 Å². The topological polar surface area (TPSA) is 43.4 Å². The molecule has 0 radical (unpaired) electrons. The molecule has 2 atom stereocenters. The summed E-state index contributed by atoms with van der Waals surface area (Å²) in [5.74, 6) is 0.813. The number of ether oxygens (including phenoxy) is 2. The third kappa shape index (κ3) is 4.18. The second kappa shape index (κ2) is 7.46. The molecular formula is C15H24N2O2. The van der Waals surface area contributed by atoms with E-state index < -0.39 is 0 Å². The summed E-state index contributed by atoms with van der Waals surface area (Å²) < 4.78 is 11.0. The van der Waals surface area contributed by atoms with Crippen molar-refractivity contribution in [3.63, 3.8) is 0 Å². The molecule has 0 aliphatic carbocycles. The van der Waals surface area contributed by atoms with Gasteiger partial charge in [0.25, 0.3) is 0 Å². The molecule has 4 nitrogen and oxygen atoms in total. The minimum atomic E-state index is 0.297. The first-order valence-electron chi connectivity index (χ1n) is 7.17. The average Bonchev–Trinajstić information content (AvgIpc) is 2.96. The molecule has 0 spiro atoms. The van der Waals surface area contributed by atoms with Crippen LogP contribution in [0.25, 0.3) is 0 Å². The van der Waals surface area contributed by atoms with Crippen LogP contribution in [0.3, 0.4) is 0 Å². The summed E-state index contributed by atoms with van der Waals surface area (Å²) in [6.45, 7) is 4.09. The third-order valence-electron chi connectivity index (χ3n) is 3.54. The molecule has 1 aromatic heterocycles. The lowest BCUT2D eigenvalue weighted by molar-refractivity contribution is 0.0945. The van der Waals surface area contributed by atoms with Crippen molar-refractivity contribution >= 4 is 0 Å². The van der Waals surface area contributed by atoms with Gasteiger partial charge in [0, 0.05) is 18.8 Å². The van der Waals surface area contributed by atoms with Crippen LogP contribution in [0.4, 0.5) is 0 Å². The van der Waals surface area contributed by atoms with Crippen molar-refractivity contribution in [2.24, 2.45) is 0 Å². The van der Waals surface area contributed by atoms with Gasteiger partial charge in [-0.1, -0.05) is 6.92 Å². The number of pyridine rings is 1. The van der Waals surface area contributed by atoms with E-state index in [1.807, 2.05) is 6.20 Å². The predicted molar refractivity (Wildman–Crippen MR) is 75.4 cm³/mol. The number of rotatable bonds is 7. The Bertz CT molecular complexity index is 378. The van der Waals surface area contributed by atoms with Crippen LogP contribution in [-0.2, 0) is 4.74 Å². The fourth-order valence-electron chi connectivity index (χ4n) is 2.49. The van der Waals surface area contributed by atoms with E-state index in [1.165, 1.54) is 18.4 Å². The van der Waals surface area contributed by atoms with Crippen LogP contribution < -0.4 is 10.1 Å². The van der Waals surface area contributed by atoms with Crippen molar-refractivity contribution < 1.29 is 9.47 Å². The SMILES string of the molecule is CCCNC(CC1CCCO1)c1cncc(OC)c1. The molecule has 1 aromatic rings. The highest BCUT2D eigenvalue weighted by molar-refractivity contribution is 5.26. The van der Waals surface area contributed by atoms with Gasteiger partial charge in [-0.3, -0.25) is 4.98 Å². The lowest BCUT2D eigenvalue weighted by Gasteiger charge is -2.22. The van der Waals surface area contributed by atoms with Crippen LogP contribution in [0.1, 0.15) is 44.2 Å². The minimum Gasteiger partial charge on any atom is -0.495 e. The van der Waals surface area contributed by atoms with Crippen molar-refractivity contribution in [2.75, 3.05) is 20.3 Å².